The predicted molar refractivity (Wildman–Crippen MR) is 223 cm³/mol. The van der Waals surface area contributed by atoms with Gasteiger partial charge in [0.25, 0.3) is 0 Å². The number of pyridine rings is 1. The lowest BCUT2D eigenvalue weighted by molar-refractivity contribution is -0.206. The molecule has 0 bridgehead atoms. The minimum atomic E-state index is -4.46. The maximum atomic E-state index is 15.2. The van der Waals surface area contributed by atoms with Crippen molar-refractivity contribution in [3.8, 4) is 0 Å². The van der Waals surface area contributed by atoms with Crippen molar-refractivity contribution in [3.63, 3.8) is 0 Å². The number of benzene rings is 2. The Hall–Kier alpha value is -4.63. The van der Waals surface area contributed by atoms with Crippen molar-refractivity contribution in [1.29, 1.82) is 0 Å². The van der Waals surface area contributed by atoms with Gasteiger partial charge in [0.05, 0.1) is 45.5 Å². The van der Waals surface area contributed by atoms with Crippen LogP contribution in [0.25, 0.3) is 10.2 Å². The molecule has 1 N–H and O–H groups in total. The summed E-state index contributed by atoms with van der Waals surface area (Å²) in [5.74, 6) is -1.99. The summed E-state index contributed by atoms with van der Waals surface area (Å²) >= 11 is 1.38. The van der Waals surface area contributed by atoms with E-state index in [4.69, 9.17) is 4.74 Å². The molecule has 9 rings (SSSR count). The molecule has 3 unspecified atom stereocenters. The quantitative estimate of drug-likeness (QED) is 0.148. The number of fused-ring (bicyclic) bond motifs is 1. The van der Waals surface area contributed by atoms with Crippen LogP contribution in [-0.2, 0) is 25.5 Å². The normalized spacial score (nSPS) is 26.5. The van der Waals surface area contributed by atoms with E-state index in [1.54, 1.807) is 29.7 Å². The first-order valence-electron chi connectivity index (χ1n) is 21.4. The minimum Gasteiger partial charge on any atom is -0.375 e. The molecule has 2 saturated carbocycles. The maximum Gasteiger partial charge on any atom is 0.396 e. The average molecular weight is 861 g/mol. The van der Waals surface area contributed by atoms with Gasteiger partial charge in [0, 0.05) is 68.6 Å². The van der Waals surface area contributed by atoms with Gasteiger partial charge in [-0.1, -0.05) is 44.2 Å². The van der Waals surface area contributed by atoms with E-state index in [9.17, 15) is 22.8 Å². The summed E-state index contributed by atoms with van der Waals surface area (Å²) in [5, 5.41) is 3.05. The van der Waals surface area contributed by atoms with Crippen LogP contribution in [-0.4, -0.2) is 101 Å². The van der Waals surface area contributed by atoms with Gasteiger partial charge in [0.15, 0.2) is 0 Å². The number of alkyl halides is 3. The van der Waals surface area contributed by atoms with Crippen molar-refractivity contribution in [3.05, 3.63) is 89.4 Å². The Morgan fingerprint density at radius 2 is 1.70 bits per heavy atom. The highest BCUT2D eigenvalue weighted by Gasteiger charge is 2.67. The van der Waals surface area contributed by atoms with Crippen LogP contribution in [0.5, 0.6) is 0 Å². The molecule has 0 radical (unpaired) electrons. The summed E-state index contributed by atoms with van der Waals surface area (Å²) in [7, 11) is 0. The highest BCUT2D eigenvalue weighted by Crippen LogP contribution is 2.59. The second kappa shape index (κ2) is 15.6. The van der Waals surface area contributed by atoms with Crippen molar-refractivity contribution in [2.45, 2.75) is 89.6 Å². The Bertz CT molecular complexity index is 2280. The van der Waals surface area contributed by atoms with Gasteiger partial charge in [-0.2, -0.15) is 13.2 Å². The Morgan fingerprint density at radius 1 is 1.00 bits per heavy atom. The number of thiazole rings is 1. The zero-order chi connectivity index (χ0) is 42.9. The third-order valence-corrected chi connectivity index (χ3v) is 15.4. The number of aromatic nitrogens is 2. The number of likely N-dealkylation sites (tertiary alicyclic amines) is 2. The number of hydrogen-bond acceptors (Lipinski definition) is 8. The SMILES string of the molecule is C[C@@H](OCC1(C(F)(F)F)CC1)[C@H](NC(=O)C1CN(c2cc(F)cc3ncsc23)CC12CN(C(=O)[C@H]1CC1(C)C)C2Cc1ccccc1)C(=O)N1CCC(c2ccncc2)CC1. The van der Waals surface area contributed by atoms with Crippen molar-refractivity contribution in [1.82, 2.24) is 25.1 Å². The topological polar surface area (TPSA) is 108 Å². The first-order chi connectivity index (χ1) is 29.1. The Morgan fingerprint density at radius 3 is 2.36 bits per heavy atom. The largest absolute Gasteiger partial charge is 0.396 e. The third kappa shape index (κ3) is 7.78. The van der Waals surface area contributed by atoms with Crippen LogP contribution < -0.4 is 10.2 Å². The van der Waals surface area contributed by atoms with Crippen molar-refractivity contribution >= 4 is 45.0 Å². The fourth-order valence-electron chi connectivity index (χ4n) is 10.3. The molecule has 3 aliphatic heterocycles. The molecule has 324 valence electrons. The highest BCUT2D eigenvalue weighted by atomic mass is 32.1. The lowest BCUT2D eigenvalue weighted by Crippen LogP contribution is -2.72. The molecule has 5 aliphatic rings. The van der Waals surface area contributed by atoms with E-state index in [0.29, 0.717) is 50.1 Å². The van der Waals surface area contributed by atoms with E-state index in [1.807, 2.05) is 52.3 Å². The summed E-state index contributed by atoms with van der Waals surface area (Å²) in [6.45, 7) is 6.69. The number of ether oxygens (including phenoxy) is 1. The van der Waals surface area contributed by atoms with Gasteiger partial charge in [-0.15, -0.1) is 11.3 Å². The van der Waals surface area contributed by atoms with E-state index in [0.717, 1.165) is 22.2 Å². The number of rotatable bonds is 12. The van der Waals surface area contributed by atoms with Crippen LogP contribution in [0.3, 0.4) is 0 Å². The minimum absolute atomic E-state index is 0.0497. The molecule has 3 saturated heterocycles. The number of halogens is 4. The van der Waals surface area contributed by atoms with E-state index < -0.39 is 65.4 Å². The Balaban J connectivity index is 1.04. The Kier molecular flexibility index (Phi) is 10.7. The van der Waals surface area contributed by atoms with Crippen LogP contribution in [0.15, 0.2) is 72.5 Å². The van der Waals surface area contributed by atoms with Gasteiger partial charge in [-0.3, -0.25) is 19.4 Å². The monoisotopic (exact) mass is 860 g/mol. The Labute approximate surface area is 357 Å². The molecule has 4 aromatic rings. The molecule has 2 aromatic heterocycles. The fourth-order valence-corrected chi connectivity index (χ4v) is 11.1. The van der Waals surface area contributed by atoms with E-state index in [2.05, 4.69) is 29.1 Å². The van der Waals surface area contributed by atoms with Crippen LogP contribution >= 0.6 is 11.3 Å². The smallest absolute Gasteiger partial charge is 0.375 e. The van der Waals surface area contributed by atoms with Crippen LogP contribution in [0, 0.1) is 33.9 Å². The molecule has 15 heteroatoms. The van der Waals surface area contributed by atoms with Gasteiger partial charge in [0.2, 0.25) is 17.7 Å². The van der Waals surface area contributed by atoms with Gasteiger partial charge in [-0.05, 0) is 86.1 Å². The third-order valence-electron chi connectivity index (χ3n) is 14.6. The molecule has 5 heterocycles. The average Bonchev–Trinajstić information content (AvgIpc) is 4.04. The highest BCUT2D eigenvalue weighted by molar-refractivity contribution is 7.17. The molecule has 6 atom stereocenters. The number of anilines is 1. The van der Waals surface area contributed by atoms with Gasteiger partial charge in [-0.25, -0.2) is 9.37 Å². The molecule has 5 fully saturated rings. The summed E-state index contributed by atoms with van der Waals surface area (Å²) in [6.07, 6.45) is 0.423. The number of hydrogen-bond donors (Lipinski definition) is 1. The molecule has 2 aliphatic carbocycles. The number of amides is 3. The number of carbonyl (C=O) groups is 3. The van der Waals surface area contributed by atoms with E-state index in [1.165, 1.54) is 23.5 Å². The number of piperidine rings is 1. The van der Waals surface area contributed by atoms with E-state index >= 15 is 9.18 Å². The molecule has 3 amide bonds. The summed E-state index contributed by atoms with van der Waals surface area (Å²) in [6, 6.07) is 14.9. The molecule has 10 nitrogen and oxygen atoms in total. The molecule has 1 spiro atoms. The number of nitrogens with zero attached hydrogens (tertiary/aromatic N) is 5. The molecular formula is C46H52F4N6O4S. The zero-order valence-corrected chi connectivity index (χ0v) is 35.5. The van der Waals surface area contributed by atoms with Crippen molar-refractivity contribution in [2.24, 2.45) is 28.1 Å². The first kappa shape index (κ1) is 41.7. The van der Waals surface area contributed by atoms with Crippen molar-refractivity contribution < 1.29 is 36.7 Å². The number of carbonyl (C=O) groups excluding carboxylic acids is 3. The zero-order valence-electron chi connectivity index (χ0n) is 34.7. The van der Waals surface area contributed by atoms with E-state index in [-0.39, 0.29) is 49.1 Å². The lowest BCUT2D eigenvalue weighted by Gasteiger charge is -2.58. The number of nitrogens with one attached hydrogen (secondary N) is 1. The van der Waals surface area contributed by atoms with Crippen LogP contribution in [0.2, 0.25) is 0 Å². The summed E-state index contributed by atoms with van der Waals surface area (Å²) in [4.78, 5) is 58.2. The first-order valence-corrected chi connectivity index (χ1v) is 22.3. The maximum absolute atomic E-state index is 15.2. The van der Waals surface area contributed by atoms with Gasteiger partial charge < -0.3 is 24.8 Å². The summed E-state index contributed by atoms with van der Waals surface area (Å²) < 4.78 is 64.2. The molecule has 61 heavy (non-hydrogen) atoms. The van der Waals surface area contributed by atoms with Gasteiger partial charge >= 0.3 is 6.18 Å². The molecule has 2 aromatic carbocycles. The van der Waals surface area contributed by atoms with Crippen LogP contribution in [0.1, 0.15) is 69.9 Å². The standard InChI is InChI=1S/C46H52F4N6O4S/c1-28(60-26-44(13-14-44)46(48,49)50)38(42(59)54-17-11-31(12-18-54)30-9-15-51-16-10-30)53-40(57)34-23-55(36-21-32(47)20-35-39(36)61-27-52-35)24-45(34)25-56(41(58)33-22-43(33,2)3)37(45)19-29-7-5-4-6-8-29/h4-10,15-16,20-21,27-28,31,33-34,37-38H,11-14,17-19,22-26H2,1-3H3,(H,53,57)/t28-,33-,34?,37?,38+,45?/m1/s1. The predicted octanol–water partition coefficient (Wildman–Crippen LogP) is 7.39. The fraction of sp³-hybridized carbons (Fsp3) is 0.543. The van der Waals surface area contributed by atoms with Crippen LogP contribution in [0.4, 0.5) is 23.2 Å². The second-order valence-corrected chi connectivity index (χ2v) is 19.7. The van der Waals surface area contributed by atoms with Crippen molar-refractivity contribution in [2.75, 3.05) is 44.2 Å². The molecular weight excluding hydrogens is 809 g/mol. The summed E-state index contributed by atoms with van der Waals surface area (Å²) in [5.41, 5.74) is 1.97. The van der Waals surface area contributed by atoms with Gasteiger partial charge in [0.1, 0.15) is 11.9 Å². The lowest BCUT2D eigenvalue weighted by atomic mass is 9.62. The second-order valence-electron chi connectivity index (χ2n) is 18.9.